The number of carbonyl (C=O) groups excluding carboxylic acids is 2. The fraction of sp³-hybridized carbons (Fsp3) is 0.158. The molecule has 0 spiro atoms. The Kier molecular flexibility index (Phi) is 4.19. The second kappa shape index (κ2) is 6.69. The summed E-state index contributed by atoms with van der Waals surface area (Å²) in [5.41, 5.74) is 6.94. The van der Waals surface area contributed by atoms with Gasteiger partial charge in [-0.3, -0.25) is 28.9 Å². The van der Waals surface area contributed by atoms with Crippen molar-refractivity contribution in [1.29, 1.82) is 0 Å². The highest BCUT2D eigenvalue weighted by atomic mass is 16.5. The first-order chi connectivity index (χ1) is 13.5. The van der Waals surface area contributed by atoms with Crippen LogP contribution in [-0.2, 0) is 13.2 Å². The van der Waals surface area contributed by atoms with Gasteiger partial charge in [0, 0.05) is 18.8 Å². The van der Waals surface area contributed by atoms with Gasteiger partial charge in [0.15, 0.2) is 0 Å². The van der Waals surface area contributed by atoms with Crippen LogP contribution in [0.1, 0.15) is 33.3 Å². The van der Waals surface area contributed by atoms with Crippen molar-refractivity contribution < 1.29 is 14.3 Å². The number of carbonyl (C=O) groups is 2. The average molecular weight is 379 g/mol. The zero-order valence-electron chi connectivity index (χ0n) is 15.0. The molecule has 0 fully saturated rings. The molecule has 0 bridgehead atoms. The Balaban J connectivity index is 1.61. The Morgan fingerprint density at radius 3 is 2.57 bits per heavy atom. The molecule has 3 aromatic rings. The van der Waals surface area contributed by atoms with Crippen LogP contribution in [0.15, 0.2) is 47.4 Å². The zero-order valence-corrected chi connectivity index (χ0v) is 15.0. The van der Waals surface area contributed by atoms with Gasteiger partial charge in [-0.2, -0.15) is 5.10 Å². The molecule has 0 aliphatic carbocycles. The molecule has 28 heavy (non-hydrogen) atoms. The standard InChI is InChI=1S/C19H17N5O4/c1-2-23-12(7-8-21-23)10-28-13-5-3-11(4-6-13)24-15(25)9-14-16(17(24)20)19(27)22-18(14)26/h3-9H,2,10,20H2,1H3,(H,22,26,27). The van der Waals surface area contributed by atoms with Crippen molar-refractivity contribution in [3.8, 4) is 11.4 Å². The van der Waals surface area contributed by atoms with Gasteiger partial charge in [-0.15, -0.1) is 0 Å². The van der Waals surface area contributed by atoms with Crippen molar-refractivity contribution in [1.82, 2.24) is 19.7 Å². The molecule has 0 atom stereocenters. The molecular formula is C19H17N5O4. The van der Waals surface area contributed by atoms with E-state index in [4.69, 9.17) is 10.5 Å². The van der Waals surface area contributed by atoms with E-state index in [1.54, 1.807) is 30.5 Å². The fourth-order valence-electron chi connectivity index (χ4n) is 3.16. The third kappa shape index (κ3) is 2.82. The Bertz CT molecular complexity index is 1140. The summed E-state index contributed by atoms with van der Waals surface area (Å²) in [7, 11) is 0. The van der Waals surface area contributed by atoms with Gasteiger partial charge in [-0.1, -0.05) is 0 Å². The van der Waals surface area contributed by atoms with Crippen LogP contribution in [0.5, 0.6) is 5.75 Å². The van der Waals surface area contributed by atoms with Crippen molar-refractivity contribution in [3.05, 3.63) is 69.8 Å². The highest BCUT2D eigenvalue weighted by Crippen LogP contribution is 2.24. The predicted octanol–water partition coefficient (Wildman–Crippen LogP) is 1.10. The fourth-order valence-corrected chi connectivity index (χ4v) is 3.16. The number of nitrogens with two attached hydrogens (primary N) is 1. The number of aryl methyl sites for hydroxylation is 1. The first-order valence-corrected chi connectivity index (χ1v) is 8.64. The average Bonchev–Trinajstić information content (AvgIpc) is 3.24. The molecule has 2 amide bonds. The molecule has 9 nitrogen and oxygen atoms in total. The van der Waals surface area contributed by atoms with Crippen molar-refractivity contribution in [3.63, 3.8) is 0 Å². The summed E-state index contributed by atoms with van der Waals surface area (Å²) in [6, 6.07) is 9.71. The van der Waals surface area contributed by atoms with Crippen LogP contribution in [0.25, 0.3) is 5.69 Å². The summed E-state index contributed by atoms with van der Waals surface area (Å²) >= 11 is 0. The summed E-state index contributed by atoms with van der Waals surface area (Å²) in [4.78, 5) is 36.1. The molecule has 9 heteroatoms. The van der Waals surface area contributed by atoms with E-state index in [0.29, 0.717) is 18.0 Å². The van der Waals surface area contributed by atoms with E-state index >= 15 is 0 Å². The van der Waals surface area contributed by atoms with Gasteiger partial charge < -0.3 is 10.5 Å². The summed E-state index contributed by atoms with van der Waals surface area (Å²) < 4.78 is 8.79. The molecule has 1 aliphatic rings. The number of pyridine rings is 1. The molecule has 0 saturated heterocycles. The van der Waals surface area contributed by atoms with E-state index in [-0.39, 0.29) is 16.9 Å². The third-order valence-corrected chi connectivity index (χ3v) is 4.54. The van der Waals surface area contributed by atoms with Crippen LogP contribution in [0.2, 0.25) is 0 Å². The van der Waals surface area contributed by atoms with Gasteiger partial charge in [0.2, 0.25) is 0 Å². The van der Waals surface area contributed by atoms with E-state index in [9.17, 15) is 14.4 Å². The molecule has 4 rings (SSSR count). The second-order valence-corrected chi connectivity index (χ2v) is 6.20. The van der Waals surface area contributed by atoms with E-state index in [1.807, 2.05) is 17.7 Å². The van der Waals surface area contributed by atoms with Crippen LogP contribution in [0, 0.1) is 0 Å². The molecule has 142 valence electrons. The van der Waals surface area contributed by atoms with Gasteiger partial charge in [0.25, 0.3) is 17.4 Å². The lowest BCUT2D eigenvalue weighted by Crippen LogP contribution is -2.24. The summed E-state index contributed by atoms with van der Waals surface area (Å²) in [6.07, 6.45) is 1.72. The number of hydrogen-bond donors (Lipinski definition) is 2. The third-order valence-electron chi connectivity index (χ3n) is 4.54. The maximum absolute atomic E-state index is 12.4. The monoisotopic (exact) mass is 379 g/mol. The molecule has 3 N–H and O–H groups in total. The van der Waals surface area contributed by atoms with Crippen molar-refractivity contribution in [2.24, 2.45) is 0 Å². The Morgan fingerprint density at radius 2 is 1.86 bits per heavy atom. The van der Waals surface area contributed by atoms with Crippen LogP contribution in [0.3, 0.4) is 0 Å². The van der Waals surface area contributed by atoms with Gasteiger partial charge >= 0.3 is 0 Å². The minimum Gasteiger partial charge on any atom is -0.487 e. The predicted molar refractivity (Wildman–Crippen MR) is 100 cm³/mol. The molecule has 0 radical (unpaired) electrons. The zero-order chi connectivity index (χ0) is 19.8. The number of amides is 2. The smallest absolute Gasteiger partial charge is 0.262 e. The lowest BCUT2D eigenvalue weighted by molar-refractivity contribution is 0.0880. The Hall–Kier alpha value is -3.88. The maximum atomic E-state index is 12.4. The number of nitrogens with zero attached hydrogens (tertiary/aromatic N) is 3. The summed E-state index contributed by atoms with van der Waals surface area (Å²) in [6.45, 7) is 3.11. The van der Waals surface area contributed by atoms with Crippen LogP contribution in [-0.4, -0.2) is 26.2 Å². The quantitative estimate of drug-likeness (QED) is 0.640. The topological polar surface area (TPSA) is 121 Å². The lowest BCUT2D eigenvalue weighted by atomic mass is 10.1. The van der Waals surface area contributed by atoms with Gasteiger partial charge in [0.05, 0.1) is 22.5 Å². The van der Waals surface area contributed by atoms with Crippen LogP contribution >= 0.6 is 0 Å². The second-order valence-electron chi connectivity index (χ2n) is 6.20. The Morgan fingerprint density at radius 1 is 1.11 bits per heavy atom. The normalized spacial score (nSPS) is 12.8. The SMILES string of the molecule is CCn1nccc1COc1ccc(-n2c(N)c3c(cc2=O)C(=O)NC3=O)cc1. The van der Waals surface area contributed by atoms with Crippen molar-refractivity contribution in [2.45, 2.75) is 20.1 Å². The molecular weight excluding hydrogens is 362 g/mol. The largest absolute Gasteiger partial charge is 0.487 e. The highest BCUT2D eigenvalue weighted by molar-refractivity contribution is 6.23. The van der Waals surface area contributed by atoms with Gasteiger partial charge in [-0.25, -0.2) is 0 Å². The summed E-state index contributed by atoms with van der Waals surface area (Å²) in [5.74, 6) is -0.704. The summed E-state index contributed by atoms with van der Waals surface area (Å²) in [5, 5.41) is 6.33. The van der Waals surface area contributed by atoms with E-state index in [1.165, 1.54) is 4.57 Å². The molecule has 3 heterocycles. The number of anilines is 1. The number of ether oxygens (including phenoxy) is 1. The number of nitrogens with one attached hydrogen (secondary N) is 1. The number of benzene rings is 1. The lowest BCUT2D eigenvalue weighted by Gasteiger charge is -2.13. The first kappa shape index (κ1) is 17.5. The van der Waals surface area contributed by atoms with Gasteiger partial charge in [0.1, 0.15) is 18.2 Å². The van der Waals surface area contributed by atoms with E-state index < -0.39 is 17.4 Å². The first-order valence-electron chi connectivity index (χ1n) is 8.64. The molecule has 0 saturated carbocycles. The van der Waals surface area contributed by atoms with E-state index in [2.05, 4.69) is 10.4 Å². The molecule has 2 aromatic heterocycles. The molecule has 1 aromatic carbocycles. The number of aromatic nitrogens is 3. The van der Waals surface area contributed by atoms with Crippen LogP contribution in [0.4, 0.5) is 5.82 Å². The molecule has 1 aliphatic heterocycles. The van der Waals surface area contributed by atoms with Crippen LogP contribution < -0.4 is 21.3 Å². The molecule has 0 unspecified atom stereocenters. The van der Waals surface area contributed by atoms with Gasteiger partial charge in [-0.05, 0) is 37.3 Å². The number of rotatable bonds is 5. The number of imide groups is 1. The number of hydrogen-bond acceptors (Lipinski definition) is 6. The van der Waals surface area contributed by atoms with Crippen molar-refractivity contribution in [2.75, 3.05) is 5.73 Å². The Labute approximate surface area is 159 Å². The number of nitrogen functional groups attached to an aromatic ring is 1. The minimum atomic E-state index is -0.619. The van der Waals surface area contributed by atoms with E-state index in [0.717, 1.165) is 18.3 Å². The number of fused-ring (bicyclic) bond motifs is 1. The maximum Gasteiger partial charge on any atom is 0.262 e. The highest BCUT2D eigenvalue weighted by Gasteiger charge is 2.31. The van der Waals surface area contributed by atoms with Crippen molar-refractivity contribution >= 4 is 17.6 Å². The minimum absolute atomic E-state index is 0.00348.